The van der Waals surface area contributed by atoms with Gasteiger partial charge in [-0.1, -0.05) is 11.6 Å². The summed E-state index contributed by atoms with van der Waals surface area (Å²) in [5, 5.41) is 6.02. The molecule has 1 amide bonds. The molecule has 26 heavy (non-hydrogen) atoms. The van der Waals surface area contributed by atoms with Gasteiger partial charge in [0.1, 0.15) is 11.9 Å². The van der Waals surface area contributed by atoms with Crippen molar-refractivity contribution in [3.8, 4) is 0 Å². The second kappa shape index (κ2) is 8.38. The number of nitrogens with zero attached hydrogens (tertiary/aromatic N) is 1. The Morgan fingerprint density at radius 1 is 1.19 bits per heavy atom. The average Bonchev–Trinajstić information content (AvgIpc) is 2.65. The molecule has 7 heteroatoms. The number of hydrogen-bond acceptors (Lipinski definition) is 4. The van der Waals surface area contributed by atoms with E-state index in [0.29, 0.717) is 5.69 Å². The first kappa shape index (κ1) is 18.5. The first-order valence-corrected chi connectivity index (χ1v) is 8.86. The maximum Gasteiger partial charge on any atom is 0.246 e. The molecule has 1 atom stereocenters. The third kappa shape index (κ3) is 4.65. The van der Waals surface area contributed by atoms with Crippen LogP contribution in [0.3, 0.4) is 0 Å². The highest BCUT2D eigenvalue weighted by Gasteiger charge is 2.15. The minimum Gasteiger partial charge on any atom is -0.378 e. The molecule has 1 aliphatic rings. The number of anilines is 3. The van der Waals surface area contributed by atoms with Crippen molar-refractivity contribution < 1.29 is 13.9 Å². The Morgan fingerprint density at radius 3 is 2.54 bits per heavy atom. The van der Waals surface area contributed by atoms with Gasteiger partial charge in [0.2, 0.25) is 5.91 Å². The zero-order valence-electron chi connectivity index (χ0n) is 14.5. The lowest BCUT2D eigenvalue weighted by Crippen LogP contribution is -2.36. The number of rotatable bonds is 5. The van der Waals surface area contributed by atoms with Gasteiger partial charge in [0, 0.05) is 24.5 Å². The minimum atomic E-state index is -0.481. The molecule has 1 heterocycles. The number of hydrogen-bond donors (Lipinski definition) is 2. The summed E-state index contributed by atoms with van der Waals surface area (Å²) in [6.07, 6.45) is 0. The Bertz CT molecular complexity index is 764. The molecule has 3 rings (SSSR count). The standard InChI is InChI=1S/C19H21ClFN3O2/c1-13(19(25)23-18-7-2-14(21)12-17(18)20)22-15-3-5-16(6-4-15)24-8-10-26-11-9-24/h2-7,12-13,22H,8-11H2,1H3,(H,23,25)/t13-/m1/s1. The van der Waals surface area contributed by atoms with Gasteiger partial charge in [-0.05, 0) is 49.4 Å². The van der Waals surface area contributed by atoms with E-state index < -0.39 is 11.9 Å². The van der Waals surface area contributed by atoms with Crippen LogP contribution in [0.5, 0.6) is 0 Å². The predicted octanol–water partition coefficient (Wildman–Crippen LogP) is 3.75. The highest BCUT2D eigenvalue weighted by Crippen LogP contribution is 2.23. The lowest BCUT2D eigenvalue weighted by atomic mass is 10.2. The monoisotopic (exact) mass is 377 g/mol. The smallest absolute Gasteiger partial charge is 0.246 e. The molecule has 2 N–H and O–H groups in total. The predicted molar refractivity (Wildman–Crippen MR) is 103 cm³/mol. The summed E-state index contributed by atoms with van der Waals surface area (Å²) < 4.78 is 18.4. The summed E-state index contributed by atoms with van der Waals surface area (Å²) >= 11 is 5.94. The molecule has 2 aromatic carbocycles. The number of carbonyl (C=O) groups is 1. The molecule has 138 valence electrons. The number of morpholine rings is 1. The van der Waals surface area contributed by atoms with E-state index in [9.17, 15) is 9.18 Å². The fraction of sp³-hybridized carbons (Fsp3) is 0.316. The number of ether oxygens (including phenoxy) is 1. The van der Waals surface area contributed by atoms with Crippen LogP contribution < -0.4 is 15.5 Å². The molecule has 5 nitrogen and oxygen atoms in total. The summed E-state index contributed by atoms with van der Waals surface area (Å²) in [6, 6.07) is 11.3. The Morgan fingerprint density at radius 2 is 1.88 bits per heavy atom. The molecule has 0 bridgehead atoms. The zero-order valence-corrected chi connectivity index (χ0v) is 15.2. The first-order valence-electron chi connectivity index (χ1n) is 8.48. The van der Waals surface area contributed by atoms with E-state index in [1.54, 1.807) is 6.92 Å². The second-order valence-electron chi connectivity index (χ2n) is 6.13. The van der Waals surface area contributed by atoms with E-state index in [0.717, 1.165) is 37.7 Å². The third-order valence-corrected chi connectivity index (χ3v) is 4.52. The van der Waals surface area contributed by atoms with E-state index >= 15 is 0 Å². The number of carbonyl (C=O) groups excluding carboxylic acids is 1. The Labute approximate surface area is 157 Å². The molecule has 0 unspecified atom stereocenters. The normalized spacial score (nSPS) is 15.4. The van der Waals surface area contributed by atoms with E-state index in [1.165, 1.54) is 18.2 Å². The van der Waals surface area contributed by atoms with Gasteiger partial charge in [0.05, 0.1) is 23.9 Å². The highest BCUT2D eigenvalue weighted by atomic mass is 35.5. The van der Waals surface area contributed by atoms with Crippen molar-refractivity contribution in [1.29, 1.82) is 0 Å². The molecule has 0 radical (unpaired) electrons. The largest absolute Gasteiger partial charge is 0.378 e. The van der Waals surface area contributed by atoms with Crippen molar-refractivity contribution in [2.45, 2.75) is 13.0 Å². The number of benzene rings is 2. The van der Waals surface area contributed by atoms with Gasteiger partial charge in [-0.3, -0.25) is 4.79 Å². The van der Waals surface area contributed by atoms with Crippen molar-refractivity contribution in [2.24, 2.45) is 0 Å². The highest BCUT2D eigenvalue weighted by molar-refractivity contribution is 6.33. The van der Waals surface area contributed by atoms with Gasteiger partial charge in [-0.2, -0.15) is 0 Å². The quantitative estimate of drug-likeness (QED) is 0.833. The average molecular weight is 378 g/mol. The fourth-order valence-corrected chi connectivity index (χ4v) is 2.95. The van der Waals surface area contributed by atoms with Crippen LogP contribution in [0, 0.1) is 5.82 Å². The molecule has 2 aromatic rings. The Kier molecular flexibility index (Phi) is 5.96. The van der Waals surface area contributed by atoms with Crippen LogP contribution in [-0.4, -0.2) is 38.3 Å². The molecule has 0 aliphatic carbocycles. The lowest BCUT2D eigenvalue weighted by molar-refractivity contribution is -0.116. The maximum atomic E-state index is 13.1. The minimum absolute atomic E-state index is 0.167. The molecule has 1 fully saturated rings. The molecular formula is C19H21ClFN3O2. The van der Waals surface area contributed by atoms with Gasteiger partial charge in [0.25, 0.3) is 0 Å². The number of amides is 1. The summed E-state index contributed by atoms with van der Waals surface area (Å²) in [4.78, 5) is 14.6. The second-order valence-corrected chi connectivity index (χ2v) is 6.53. The van der Waals surface area contributed by atoms with Crippen molar-refractivity contribution in [3.63, 3.8) is 0 Å². The van der Waals surface area contributed by atoms with E-state index in [2.05, 4.69) is 15.5 Å². The van der Waals surface area contributed by atoms with Crippen LogP contribution in [0.1, 0.15) is 6.92 Å². The van der Waals surface area contributed by atoms with Crippen LogP contribution in [0.25, 0.3) is 0 Å². The third-order valence-electron chi connectivity index (χ3n) is 4.21. The van der Waals surface area contributed by atoms with Crippen molar-refractivity contribution in [3.05, 3.63) is 53.3 Å². The van der Waals surface area contributed by atoms with E-state index in [-0.39, 0.29) is 10.9 Å². The zero-order chi connectivity index (χ0) is 18.5. The summed E-state index contributed by atoms with van der Waals surface area (Å²) in [6.45, 7) is 4.99. The van der Waals surface area contributed by atoms with Crippen molar-refractivity contribution in [1.82, 2.24) is 0 Å². The molecule has 1 saturated heterocycles. The van der Waals surface area contributed by atoms with Crippen molar-refractivity contribution in [2.75, 3.05) is 41.8 Å². The molecular weight excluding hydrogens is 357 g/mol. The van der Waals surface area contributed by atoms with Gasteiger partial charge in [-0.15, -0.1) is 0 Å². The van der Waals surface area contributed by atoms with E-state index in [1.807, 2.05) is 24.3 Å². The van der Waals surface area contributed by atoms with Gasteiger partial charge < -0.3 is 20.3 Å². The van der Waals surface area contributed by atoms with Crippen LogP contribution in [0.4, 0.5) is 21.5 Å². The maximum absolute atomic E-state index is 13.1. The number of halogens is 2. The van der Waals surface area contributed by atoms with Crippen LogP contribution in [-0.2, 0) is 9.53 Å². The topological polar surface area (TPSA) is 53.6 Å². The number of nitrogens with one attached hydrogen (secondary N) is 2. The van der Waals surface area contributed by atoms with Gasteiger partial charge in [0.15, 0.2) is 0 Å². The van der Waals surface area contributed by atoms with Crippen molar-refractivity contribution >= 4 is 34.6 Å². The Hall–Kier alpha value is -2.31. The van der Waals surface area contributed by atoms with Gasteiger partial charge in [-0.25, -0.2) is 4.39 Å². The summed E-state index contributed by atoms with van der Waals surface area (Å²) in [5.74, 6) is -0.699. The molecule has 0 aromatic heterocycles. The van der Waals surface area contributed by atoms with Gasteiger partial charge >= 0.3 is 0 Å². The molecule has 1 aliphatic heterocycles. The summed E-state index contributed by atoms with van der Waals surface area (Å²) in [5.41, 5.74) is 2.36. The van der Waals surface area contributed by atoms with Crippen LogP contribution in [0.15, 0.2) is 42.5 Å². The van der Waals surface area contributed by atoms with E-state index in [4.69, 9.17) is 16.3 Å². The summed E-state index contributed by atoms with van der Waals surface area (Å²) in [7, 11) is 0. The fourth-order valence-electron chi connectivity index (χ4n) is 2.74. The molecule has 0 saturated carbocycles. The SMILES string of the molecule is C[C@@H](Nc1ccc(N2CCOCC2)cc1)C(=O)Nc1ccc(F)cc1Cl. The molecule has 0 spiro atoms. The first-order chi connectivity index (χ1) is 12.5. The van der Waals surface area contributed by atoms with Crippen LogP contribution >= 0.6 is 11.6 Å². The Balaban J connectivity index is 1.58. The van der Waals surface area contributed by atoms with Crippen LogP contribution in [0.2, 0.25) is 5.02 Å². The lowest BCUT2D eigenvalue weighted by Gasteiger charge is -2.29.